The minimum atomic E-state index is -0.0889. The molecule has 1 heterocycles. The minimum absolute atomic E-state index is 0.0889. The van der Waals surface area contributed by atoms with Crippen LogP contribution in [0, 0.1) is 6.92 Å². The van der Waals surface area contributed by atoms with Gasteiger partial charge in [-0.2, -0.15) is 0 Å². The summed E-state index contributed by atoms with van der Waals surface area (Å²) in [6.07, 6.45) is 1.39. The van der Waals surface area contributed by atoms with Crippen LogP contribution in [-0.4, -0.2) is 29.0 Å². The molecule has 0 aliphatic heterocycles. The Morgan fingerprint density at radius 1 is 1.20 bits per heavy atom. The molecule has 0 radical (unpaired) electrons. The molecule has 0 atom stereocenters. The average molecular weight is 271 g/mol. The zero-order valence-corrected chi connectivity index (χ0v) is 11.3. The molecule has 0 fully saturated rings. The number of nitrogens with two attached hydrogens (primary N) is 1. The first-order valence-corrected chi connectivity index (χ1v) is 6.31. The van der Waals surface area contributed by atoms with Crippen molar-refractivity contribution in [3.05, 3.63) is 47.8 Å². The lowest BCUT2D eigenvalue weighted by Gasteiger charge is -2.07. The number of carbonyl (C=O) groups is 1. The van der Waals surface area contributed by atoms with Gasteiger partial charge in [-0.1, -0.05) is 17.7 Å². The maximum Gasteiger partial charge on any atom is 0.251 e. The van der Waals surface area contributed by atoms with Crippen molar-refractivity contribution in [1.29, 1.82) is 0 Å². The van der Waals surface area contributed by atoms with Crippen molar-refractivity contribution in [2.45, 2.75) is 6.92 Å². The van der Waals surface area contributed by atoms with Crippen molar-refractivity contribution in [3.63, 3.8) is 0 Å². The third-order valence-electron chi connectivity index (χ3n) is 2.72. The summed E-state index contributed by atoms with van der Waals surface area (Å²) < 4.78 is 0. The lowest BCUT2D eigenvalue weighted by atomic mass is 10.1. The molecule has 20 heavy (non-hydrogen) atoms. The molecule has 0 unspecified atom stereocenters. The van der Waals surface area contributed by atoms with Crippen LogP contribution < -0.4 is 16.4 Å². The Labute approximate surface area is 117 Å². The Hall–Kier alpha value is -2.63. The molecule has 1 aromatic carbocycles. The van der Waals surface area contributed by atoms with Gasteiger partial charge in [-0.15, -0.1) is 0 Å². The number of aryl methyl sites for hydroxylation is 1. The van der Waals surface area contributed by atoms with E-state index < -0.39 is 0 Å². The number of nitrogen functional groups attached to an aromatic ring is 1. The number of anilines is 2. The van der Waals surface area contributed by atoms with Gasteiger partial charge in [0.15, 0.2) is 0 Å². The fraction of sp³-hybridized carbons (Fsp3) is 0.214. The Morgan fingerprint density at radius 3 is 2.65 bits per heavy atom. The summed E-state index contributed by atoms with van der Waals surface area (Å²) in [5, 5.41) is 5.88. The highest BCUT2D eigenvalue weighted by molar-refractivity contribution is 5.94. The van der Waals surface area contributed by atoms with Gasteiger partial charge < -0.3 is 16.4 Å². The Kier molecular flexibility index (Phi) is 4.49. The van der Waals surface area contributed by atoms with Crippen LogP contribution in [-0.2, 0) is 0 Å². The topological polar surface area (TPSA) is 92.9 Å². The lowest BCUT2D eigenvalue weighted by molar-refractivity contribution is 0.0955. The fourth-order valence-corrected chi connectivity index (χ4v) is 1.64. The molecule has 2 rings (SSSR count). The van der Waals surface area contributed by atoms with E-state index in [2.05, 4.69) is 20.6 Å². The first-order chi connectivity index (χ1) is 9.65. The van der Waals surface area contributed by atoms with E-state index in [1.807, 2.05) is 31.2 Å². The number of hydrogen-bond acceptors (Lipinski definition) is 5. The van der Waals surface area contributed by atoms with Crippen LogP contribution in [0.2, 0.25) is 0 Å². The highest BCUT2D eigenvalue weighted by Gasteiger charge is 2.03. The van der Waals surface area contributed by atoms with Crippen molar-refractivity contribution in [2.75, 3.05) is 24.1 Å². The van der Waals surface area contributed by atoms with Crippen LogP contribution in [0.25, 0.3) is 0 Å². The SMILES string of the molecule is Cc1ccc(C(=O)NCCNc2cc(N)ncn2)cc1. The molecule has 0 saturated carbocycles. The van der Waals surface area contributed by atoms with E-state index in [1.54, 1.807) is 6.07 Å². The Bertz CT molecular complexity index is 582. The smallest absolute Gasteiger partial charge is 0.251 e. The second-order valence-electron chi connectivity index (χ2n) is 4.38. The summed E-state index contributed by atoms with van der Waals surface area (Å²) in [5.74, 6) is 0.960. The van der Waals surface area contributed by atoms with Crippen molar-refractivity contribution >= 4 is 17.5 Å². The molecule has 2 aromatic rings. The van der Waals surface area contributed by atoms with E-state index in [-0.39, 0.29) is 5.91 Å². The lowest BCUT2D eigenvalue weighted by Crippen LogP contribution is -2.28. The summed E-state index contributed by atoms with van der Waals surface area (Å²) in [6, 6.07) is 9.09. The zero-order valence-electron chi connectivity index (χ0n) is 11.3. The van der Waals surface area contributed by atoms with Crippen LogP contribution in [0.15, 0.2) is 36.7 Å². The molecular formula is C14H17N5O. The van der Waals surface area contributed by atoms with Crippen LogP contribution in [0.4, 0.5) is 11.6 Å². The van der Waals surface area contributed by atoms with E-state index in [4.69, 9.17) is 5.73 Å². The van der Waals surface area contributed by atoms with Gasteiger partial charge in [0.25, 0.3) is 5.91 Å². The summed E-state index contributed by atoms with van der Waals surface area (Å²) in [7, 11) is 0. The quantitative estimate of drug-likeness (QED) is 0.711. The molecule has 104 valence electrons. The molecule has 0 bridgehead atoms. The predicted octanol–water partition coefficient (Wildman–Crippen LogP) is 1.21. The van der Waals surface area contributed by atoms with E-state index in [0.717, 1.165) is 5.56 Å². The van der Waals surface area contributed by atoms with Gasteiger partial charge in [-0.25, -0.2) is 9.97 Å². The highest BCUT2D eigenvalue weighted by atomic mass is 16.1. The van der Waals surface area contributed by atoms with Crippen LogP contribution >= 0.6 is 0 Å². The van der Waals surface area contributed by atoms with Crippen molar-refractivity contribution in [3.8, 4) is 0 Å². The maximum atomic E-state index is 11.8. The number of aromatic nitrogens is 2. The summed E-state index contributed by atoms with van der Waals surface area (Å²) in [4.78, 5) is 19.6. The molecule has 1 amide bonds. The van der Waals surface area contributed by atoms with Gasteiger partial charge in [-0.3, -0.25) is 4.79 Å². The van der Waals surface area contributed by atoms with Crippen LogP contribution in [0.1, 0.15) is 15.9 Å². The van der Waals surface area contributed by atoms with Gasteiger partial charge in [0.1, 0.15) is 18.0 Å². The van der Waals surface area contributed by atoms with Gasteiger partial charge in [-0.05, 0) is 19.1 Å². The van der Waals surface area contributed by atoms with E-state index in [1.165, 1.54) is 6.33 Å². The standard InChI is InChI=1S/C14H17N5O/c1-10-2-4-11(5-3-10)14(20)17-7-6-16-13-8-12(15)18-9-19-13/h2-5,8-9H,6-7H2,1H3,(H,17,20)(H3,15,16,18,19). The second-order valence-corrected chi connectivity index (χ2v) is 4.38. The number of carbonyl (C=O) groups excluding carboxylic acids is 1. The largest absolute Gasteiger partial charge is 0.384 e. The summed E-state index contributed by atoms with van der Waals surface area (Å²) in [5.41, 5.74) is 7.32. The van der Waals surface area contributed by atoms with Gasteiger partial charge in [0.05, 0.1) is 0 Å². The van der Waals surface area contributed by atoms with Crippen molar-refractivity contribution in [2.24, 2.45) is 0 Å². The monoisotopic (exact) mass is 271 g/mol. The summed E-state index contributed by atoms with van der Waals surface area (Å²) >= 11 is 0. The Balaban J connectivity index is 1.76. The zero-order chi connectivity index (χ0) is 14.4. The molecule has 6 heteroatoms. The van der Waals surface area contributed by atoms with E-state index in [0.29, 0.717) is 30.3 Å². The molecular weight excluding hydrogens is 254 g/mol. The second kappa shape index (κ2) is 6.51. The molecule has 1 aromatic heterocycles. The fourth-order valence-electron chi connectivity index (χ4n) is 1.64. The number of nitrogens with zero attached hydrogens (tertiary/aromatic N) is 2. The summed E-state index contributed by atoms with van der Waals surface area (Å²) in [6.45, 7) is 3.05. The molecule has 0 saturated heterocycles. The van der Waals surface area contributed by atoms with Crippen LogP contribution in [0.5, 0.6) is 0 Å². The number of rotatable bonds is 5. The first-order valence-electron chi connectivity index (χ1n) is 6.31. The molecule has 6 nitrogen and oxygen atoms in total. The number of benzene rings is 1. The molecule has 0 aliphatic carbocycles. The molecule has 0 aliphatic rings. The maximum absolute atomic E-state index is 11.8. The van der Waals surface area contributed by atoms with Crippen LogP contribution in [0.3, 0.4) is 0 Å². The normalized spacial score (nSPS) is 10.1. The van der Waals surface area contributed by atoms with Gasteiger partial charge >= 0.3 is 0 Å². The third-order valence-corrected chi connectivity index (χ3v) is 2.72. The minimum Gasteiger partial charge on any atom is -0.384 e. The number of hydrogen-bond donors (Lipinski definition) is 3. The molecule has 0 spiro atoms. The number of nitrogens with one attached hydrogen (secondary N) is 2. The van der Waals surface area contributed by atoms with Gasteiger partial charge in [0.2, 0.25) is 0 Å². The third kappa shape index (κ3) is 3.94. The van der Waals surface area contributed by atoms with E-state index in [9.17, 15) is 4.79 Å². The van der Waals surface area contributed by atoms with Crippen molar-refractivity contribution in [1.82, 2.24) is 15.3 Å². The average Bonchev–Trinajstić information content (AvgIpc) is 2.44. The number of amides is 1. The van der Waals surface area contributed by atoms with Gasteiger partial charge in [0, 0.05) is 24.7 Å². The molecule has 4 N–H and O–H groups in total. The highest BCUT2D eigenvalue weighted by Crippen LogP contribution is 2.04. The van der Waals surface area contributed by atoms with E-state index >= 15 is 0 Å². The first kappa shape index (κ1) is 13.8. The Morgan fingerprint density at radius 2 is 1.95 bits per heavy atom. The van der Waals surface area contributed by atoms with Crippen molar-refractivity contribution < 1.29 is 4.79 Å². The predicted molar refractivity (Wildman–Crippen MR) is 78.4 cm³/mol.